The quantitative estimate of drug-likeness (QED) is 0.164. The van der Waals surface area contributed by atoms with E-state index in [1.807, 2.05) is 30.3 Å². The highest BCUT2D eigenvalue weighted by molar-refractivity contribution is 8.13. The number of carbonyl (C=O) groups excluding carboxylic acids is 2. The van der Waals surface area contributed by atoms with Crippen molar-refractivity contribution in [3.63, 3.8) is 0 Å². The van der Waals surface area contributed by atoms with Crippen LogP contribution in [0.25, 0.3) is 0 Å². The molecule has 1 aliphatic heterocycles. The van der Waals surface area contributed by atoms with Crippen molar-refractivity contribution in [2.75, 3.05) is 25.6 Å². The van der Waals surface area contributed by atoms with Crippen molar-refractivity contribution in [2.45, 2.75) is 72.1 Å². The normalized spacial score (nSPS) is 23.4. The average molecular weight is 644 g/mol. The van der Waals surface area contributed by atoms with Gasteiger partial charge in [0.15, 0.2) is 11.3 Å². The molecule has 0 amide bonds. The van der Waals surface area contributed by atoms with Crippen LogP contribution in [0, 0.1) is 5.41 Å². The van der Waals surface area contributed by atoms with Crippen LogP contribution in [-0.2, 0) is 40.9 Å². The van der Waals surface area contributed by atoms with Gasteiger partial charge in [0.2, 0.25) is 0 Å². The summed E-state index contributed by atoms with van der Waals surface area (Å²) in [7, 11) is -4.04. The summed E-state index contributed by atoms with van der Waals surface area (Å²) in [6.45, 7) is 5.04. The molecule has 0 saturated carbocycles. The molecule has 43 heavy (non-hydrogen) atoms. The molecule has 0 radical (unpaired) electrons. The summed E-state index contributed by atoms with van der Waals surface area (Å²) >= 11 is 0.927. The van der Waals surface area contributed by atoms with Crippen LogP contribution in [0.15, 0.2) is 47.4 Å². The highest BCUT2D eigenvalue weighted by Gasteiger charge is 2.54. The predicted molar refractivity (Wildman–Crippen MR) is 161 cm³/mol. The summed E-state index contributed by atoms with van der Waals surface area (Å²) in [6.07, 6.45) is -2.85. The lowest BCUT2D eigenvalue weighted by atomic mass is 9.96. The van der Waals surface area contributed by atoms with Crippen LogP contribution in [0.2, 0.25) is 0 Å². The van der Waals surface area contributed by atoms with Gasteiger partial charge in [-0.3, -0.25) is 23.2 Å². The molecule has 1 unspecified atom stereocenters. The number of aliphatic hydroxyl groups excluding tert-OH is 2. The van der Waals surface area contributed by atoms with Crippen LogP contribution in [-0.4, -0.2) is 79.2 Å². The molecule has 0 bridgehead atoms. The standard InChI is InChI=1S/C27H38N3O10PS.CH4/c1-18(32)14-20-10-11-30(25(35)29-20)23-27(4,36)22(33)21(40-23)16-39-41(37,28-15-19-8-6-5-7-9-19)38-12-13-42-24(34)26(2,3)17-31;/h5-11,21-23,31,33,36H,12-17H2,1-4H3,(H,28,37);1H4/t21-,22-,23-,27-,41?;/m1./s1. The highest BCUT2D eigenvalue weighted by atomic mass is 32.2. The number of carbonyl (C=O) groups is 2. The molecular weight excluding hydrogens is 601 g/mol. The van der Waals surface area contributed by atoms with E-state index < -0.39 is 49.5 Å². The van der Waals surface area contributed by atoms with Gasteiger partial charge in [-0.25, -0.2) is 14.4 Å². The Kier molecular flexibility index (Phi) is 13.4. The molecule has 240 valence electrons. The zero-order valence-electron chi connectivity index (χ0n) is 24.0. The van der Waals surface area contributed by atoms with Crippen LogP contribution in [0.3, 0.4) is 0 Å². The Morgan fingerprint density at radius 1 is 1.23 bits per heavy atom. The molecule has 1 aromatic heterocycles. The first-order valence-corrected chi connectivity index (χ1v) is 15.8. The van der Waals surface area contributed by atoms with Crippen LogP contribution in [0.4, 0.5) is 0 Å². The molecule has 1 aromatic carbocycles. The van der Waals surface area contributed by atoms with E-state index in [9.17, 15) is 34.3 Å². The maximum atomic E-state index is 13.7. The SMILES string of the molecule is C.CC(=O)Cc1ccn([C@@H]2O[C@H](COP(=O)(NCc3ccccc3)OCCSC(=O)C(C)(C)CO)[C@@H](O)[C@@]2(C)O)c(=O)n1. The maximum absolute atomic E-state index is 13.7. The van der Waals surface area contributed by atoms with Crippen LogP contribution in [0.1, 0.15) is 52.6 Å². The second-order valence-electron chi connectivity index (χ2n) is 10.8. The molecule has 1 fully saturated rings. The molecule has 2 heterocycles. The van der Waals surface area contributed by atoms with Crippen molar-refractivity contribution in [1.29, 1.82) is 0 Å². The van der Waals surface area contributed by atoms with Gasteiger partial charge in [0.05, 0.1) is 30.9 Å². The second-order valence-corrected chi connectivity index (χ2v) is 13.7. The maximum Gasteiger partial charge on any atom is 0.405 e. The Balaban J connectivity index is 0.00000645. The third-order valence-corrected chi connectivity index (χ3v) is 9.32. The van der Waals surface area contributed by atoms with E-state index in [0.29, 0.717) is 0 Å². The number of Topliss-reactive ketones (excluding diaryl/α,β-unsaturated/α-hetero) is 1. The summed E-state index contributed by atoms with van der Waals surface area (Å²) < 4.78 is 31.6. The van der Waals surface area contributed by atoms with Gasteiger partial charge in [-0.15, -0.1) is 0 Å². The highest BCUT2D eigenvalue weighted by Crippen LogP contribution is 2.46. The van der Waals surface area contributed by atoms with Crippen molar-refractivity contribution >= 4 is 30.4 Å². The largest absolute Gasteiger partial charge is 0.405 e. The molecule has 0 spiro atoms. The Labute approximate surface area is 255 Å². The molecule has 1 saturated heterocycles. The van der Waals surface area contributed by atoms with Crippen LogP contribution < -0.4 is 10.8 Å². The van der Waals surface area contributed by atoms with E-state index in [2.05, 4.69) is 10.1 Å². The van der Waals surface area contributed by atoms with E-state index in [-0.39, 0.29) is 56.0 Å². The van der Waals surface area contributed by atoms with E-state index >= 15 is 0 Å². The molecule has 13 nitrogen and oxygen atoms in total. The fraction of sp³-hybridized carbons (Fsp3) is 0.571. The topological polar surface area (TPSA) is 187 Å². The first-order chi connectivity index (χ1) is 19.7. The Morgan fingerprint density at radius 2 is 1.91 bits per heavy atom. The molecule has 1 aliphatic rings. The third kappa shape index (κ3) is 9.87. The molecule has 5 atom stereocenters. The van der Waals surface area contributed by atoms with Crippen molar-refractivity contribution in [1.82, 2.24) is 14.6 Å². The van der Waals surface area contributed by atoms with Gasteiger partial charge in [0, 0.05) is 24.9 Å². The number of ether oxygens (including phenoxy) is 1. The van der Waals surface area contributed by atoms with Gasteiger partial charge in [-0.05, 0) is 39.3 Å². The zero-order chi connectivity index (χ0) is 31.1. The fourth-order valence-corrected chi connectivity index (χ4v) is 6.23. The summed E-state index contributed by atoms with van der Waals surface area (Å²) in [4.78, 5) is 40.2. The summed E-state index contributed by atoms with van der Waals surface area (Å²) in [5.74, 6) is -0.0413. The predicted octanol–water partition coefficient (Wildman–Crippen LogP) is 2.23. The molecule has 0 aliphatic carbocycles. The minimum absolute atomic E-state index is 0. The number of hydrogen-bond acceptors (Lipinski definition) is 12. The van der Waals surface area contributed by atoms with Crippen molar-refractivity contribution in [3.05, 3.63) is 64.3 Å². The number of nitrogens with zero attached hydrogens (tertiary/aromatic N) is 2. The van der Waals surface area contributed by atoms with Gasteiger partial charge < -0.3 is 20.1 Å². The average Bonchev–Trinajstić information content (AvgIpc) is 3.17. The summed E-state index contributed by atoms with van der Waals surface area (Å²) in [6, 6.07) is 10.5. The lowest BCUT2D eigenvalue weighted by Gasteiger charge is -2.27. The van der Waals surface area contributed by atoms with Gasteiger partial charge in [-0.1, -0.05) is 49.5 Å². The lowest BCUT2D eigenvalue weighted by Crippen LogP contribution is -2.46. The van der Waals surface area contributed by atoms with Gasteiger partial charge in [-0.2, -0.15) is 4.98 Å². The molecule has 3 rings (SSSR count). The van der Waals surface area contributed by atoms with Crippen molar-refractivity contribution in [3.8, 4) is 0 Å². The first kappa shape index (κ1) is 36.9. The summed E-state index contributed by atoms with van der Waals surface area (Å²) in [5.41, 5.74) is -2.64. The fourth-order valence-electron chi connectivity index (χ4n) is 3.99. The number of aromatic nitrogens is 2. The molecule has 2 aromatic rings. The monoisotopic (exact) mass is 643 g/mol. The number of thioether (sulfide) groups is 1. The number of rotatable bonds is 15. The van der Waals surface area contributed by atoms with Gasteiger partial charge >= 0.3 is 13.4 Å². The van der Waals surface area contributed by atoms with Gasteiger partial charge in [0.25, 0.3) is 0 Å². The number of ketones is 1. The Morgan fingerprint density at radius 3 is 2.51 bits per heavy atom. The van der Waals surface area contributed by atoms with Crippen LogP contribution >= 0.6 is 19.5 Å². The third-order valence-electron chi connectivity index (χ3n) is 6.58. The number of nitrogens with one attached hydrogen (secondary N) is 1. The zero-order valence-corrected chi connectivity index (χ0v) is 25.7. The molecular formula is C28H42N3O10PS. The number of aliphatic hydroxyl groups is 3. The minimum Gasteiger partial charge on any atom is -0.395 e. The van der Waals surface area contributed by atoms with E-state index in [4.69, 9.17) is 13.8 Å². The minimum atomic E-state index is -4.04. The Bertz CT molecular complexity index is 1340. The van der Waals surface area contributed by atoms with E-state index in [1.54, 1.807) is 13.8 Å². The molecule has 4 N–H and O–H groups in total. The second kappa shape index (κ2) is 15.6. The van der Waals surface area contributed by atoms with E-state index in [0.717, 1.165) is 21.9 Å². The van der Waals surface area contributed by atoms with Gasteiger partial charge in [0.1, 0.15) is 23.6 Å². The first-order valence-electron chi connectivity index (χ1n) is 13.3. The van der Waals surface area contributed by atoms with Crippen molar-refractivity contribution in [2.24, 2.45) is 5.41 Å². The summed E-state index contributed by atoms with van der Waals surface area (Å²) in [5, 5.41) is 33.8. The van der Waals surface area contributed by atoms with E-state index in [1.165, 1.54) is 26.1 Å². The number of benzene rings is 1. The molecule has 15 heteroatoms. The van der Waals surface area contributed by atoms with Crippen LogP contribution in [0.5, 0.6) is 0 Å². The van der Waals surface area contributed by atoms with Crippen molar-refractivity contribution < 1.29 is 43.3 Å². The number of hydrogen-bond donors (Lipinski definition) is 4. The smallest absolute Gasteiger partial charge is 0.395 e. The lowest BCUT2D eigenvalue weighted by molar-refractivity contribution is -0.120. The Hall–Kier alpha value is -2.26.